The standard InChI is InChI=1S/C15H23NO4/c1-15(2,3)20-14(18)16-11-5-6-12(16)8-10(7-11)9-13(17)19-4/h9,11-12H,5-8H2,1-4H3. The number of methoxy groups -OCH3 is 1. The number of piperidine rings is 1. The minimum Gasteiger partial charge on any atom is -0.466 e. The van der Waals surface area contributed by atoms with Gasteiger partial charge in [-0.3, -0.25) is 0 Å². The summed E-state index contributed by atoms with van der Waals surface area (Å²) >= 11 is 0. The van der Waals surface area contributed by atoms with Gasteiger partial charge in [0.15, 0.2) is 0 Å². The minimum atomic E-state index is -0.474. The van der Waals surface area contributed by atoms with Crippen LogP contribution < -0.4 is 0 Å². The van der Waals surface area contributed by atoms with Crippen molar-refractivity contribution in [2.45, 2.75) is 64.1 Å². The summed E-state index contributed by atoms with van der Waals surface area (Å²) in [5, 5.41) is 0. The summed E-state index contributed by atoms with van der Waals surface area (Å²) in [6, 6.07) is 0.305. The van der Waals surface area contributed by atoms with Crippen molar-refractivity contribution in [3.05, 3.63) is 11.6 Å². The number of esters is 1. The van der Waals surface area contributed by atoms with Gasteiger partial charge < -0.3 is 14.4 Å². The van der Waals surface area contributed by atoms with E-state index in [1.165, 1.54) is 7.11 Å². The first-order chi connectivity index (χ1) is 9.30. The van der Waals surface area contributed by atoms with E-state index in [1.54, 1.807) is 6.08 Å². The number of fused-ring (bicyclic) bond motifs is 2. The molecular weight excluding hydrogens is 258 g/mol. The van der Waals surface area contributed by atoms with Crippen LogP contribution in [-0.4, -0.2) is 41.8 Å². The van der Waals surface area contributed by atoms with Gasteiger partial charge in [0.2, 0.25) is 0 Å². The molecule has 0 N–H and O–H groups in total. The van der Waals surface area contributed by atoms with Crippen molar-refractivity contribution in [1.82, 2.24) is 4.90 Å². The number of carbonyl (C=O) groups excluding carboxylic acids is 2. The van der Waals surface area contributed by atoms with Gasteiger partial charge in [0.1, 0.15) is 5.60 Å². The quantitative estimate of drug-likeness (QED) is 0.547. The van der Waals surface area contributed by atoms with Crippen LogP contribution in [0.5, 0.6) is 0 Å². The van der Waals surface area contributed by atoms with Crippen LogP contribution in [0.4, 0.5) is 4.79 Å². The minimum absolute atomic E-state index is 0.152. The summed E-state index contributed by atoms with van der Waals surface area (Å²) in [5.74, 6) is -0.315. The van der Waals surface area contributed by atoms with E-state index in [0.717, 1.165) is 31.3 Å². The highest BCUT2D eigenvalue weighted by Crippen LogP contribution is 2.39. The van der Waals surface area contributed by atoms with Crippen molar-refractivity contribution in [3.63, 3.8) is 0 Å². The van der Waals surface area contributed by atoms with Gasteiger partial charge in [0.25, 0.3) is 0 Å². The average molecular weight is 281 g/mol. The summed E-state index contributed by atoms with van der Waals surface area (Å²) < 4.78 is 10.1. The fraction of sp³-hybridized carbons (Fsp3) is 0.733. The predicted octanol–water partition coefficient (Wildman–Crippen LogP) is 2.65. The fourth-order valence-electron chi connectivity index (χ4n) is 3.01. The van der Waals surface area contributed by atoms with E-state index in [9.17, 15) is 9.59 Å². The Morgan fingerprint density at radius 3 is 2.20 bits per heavy atom. The molecule has 1 amide bonds. The van der Waals surface area contributed by atoms with Crippen molar-refractivity contribution in [2.75, 3.05) is 7.11 Å². The van der Waals surface area contributed by atoms with Crippen LogP contribution in [0, 0.1) is 0 Å². The molecule has 2 bridgehead atoms. The van der Waals surface area contributed by atoms with Crippen LogP contribution in [0.15, 0.2) is 11.6 Å². The highest BCUT2D eigenvalue weighted by molar-refractivity contribution is 5.82. The zero-order valence-corrected chi connectivity index (χ0v) is 12.6. The maximum Gasteiger partial charge on any atom is 0.410 e. The molecule has 0 spiro atoms. The summed E-state index contributed by atoms with van der Waals surface area (Å²) in [6.07, 6.45) is 4.76. The molecule has 5 nitrogen and oxygen atoms in total. The normalized spacial score (nSPS) is 25.4. The Morgan fingerprint density at radius 2 is 1.75 bits per heavy atom. The zero-order valence-electron chi connectivity index (χ0n) is 12.6. The number of hydrogen-bond donors (Lipinski definition) is 0. The topological polar surface area (TPSA) is 55.8 Å². The summed E-state index contributed by atoms with van der Waals surface area (Å²) in [4.78, 5) is 25.4. The van der Waals surface area contributed by atoms with E-state index < -0.39 is 5.60 Å². The highest BCUT2D eigenvalue weighted by Gasteiger charge is 2.43. The van der Waals surface area contributed by atoms with E-state index in [0.29, 0.717) is 0 Å². The lowest BCUT2D eigenvalue weighted by Crippen LogP contribution is -2.47. The summed E-state index contributed by atoms with van der Waals surface area (Å²) in [7, 11) is 1.38. The first-order valence-electron chi connectivity index (χ1n) is 7.09. The van der Waals surface area contributed by atoms with E-state index in [2.05, 4.69) is 4.74 Å². The molecule has 2 rings (SSSR count). The molecular formula is C15H23NO4. The first kappa shape index (κ1) is 14.9. The number of amides is 1. The molecule has 5 heteroatoms. The van der Waals surface area contributed by atoms with Crippen LogP contribution >= 0.6 is 0 Å². The predicted molar refractivity (Wildman–Crippen MR) is 74.2 cm³/mol. The Labute approximate surface area is 119 Å². The van der Waals surface area contributed by atoms with Gasteiger partial charge in [-0.05, 0) is 46.5 Å². The number of nitrogens with zero attached hydrogens (tertiary/aromatic N) is 1. The van der Waals surface area contributed by atoms with E-state index >= 15 is 0 Å². The lowest BCUT2D eigenvalue weighted by atomic mass is 9.97. The van der Waals surface area contributed by atoms with Crippen LogP contribution in [-0.2, 0) is 14.3 Å². The summed E-state index contributed by atoms with van der Waals surface area (Å²) in [5.41, 5.74) is 0.600. The Kier molecular flexibility index (Phi) is 4.06. The van der Waals surface area contributed by atoms with Crippen molar-refractivity contribution in [3.8, 4) is 0 Å². The molecule has 0 aromatic carbocycles. The second-order valence-corrected chi connectivity index (χ2v) is 6.51. The van der Waals surface area contributed by atoms with Gasteiger partial charge in [-0.2, -0.15) is 0 Å². The van der Waals surface area contributed by atoms with Crippen LogP contribution in [0.25, 0.3) is 0 Å². The molecule has 2 unspecified atom stereocenters. The zero-order chi connectivity index (χ0) is 14.9. The lowest BCUT2D eigenvalue weighted by molar-refractivity contribution is -0.134. The van der Waals surface area contributed by atoms with Crippen LogP contribution in [0.3, 0.4) is 0 Å². The monoisotopic (exact) mass is 281 g/mol. The van der Waals surface area contributed by atoms with Gasteiger partial charge in [0.05, 0.1) is 7.11 Å². The van der Waals surface area contributed by atoms with Gasteiger partial charge in [-0.25, -0.2) is 9.59 Å². The van der Waals surface area contributed by atoms with Crippen molar-refractivity contribution >= 4 is 12.1 Å². The Bertz CT molecular complexity index is 420. The smallest absolute Gasteiger partial charge is 0.410 e. The van der Waals surface area contributed by atoms with Crippen LogP contribution in [0.2, 0.25) is 0 Å². The maximum absolute atomic E-state index is 12.3. The number of carbonyl (C=O) groups is 2. The highest BCUT2D eigenvalue weighted by atomic mass is 16.6. The molecule has 2 fully saturated rings. The van der Waals surface area contributed by atoms with Gasteiger partial charge >= 0.3 is 12.1 Å². The molecule has 0 aromatic heterocycles. The molecule has 0 aliphatic carbocycles. The third-order valence-electron chi connectivity index (χ3n) is 3.74. The lowest BCUT2D eigenvalue weighted by Gasteiger charge is -2.37. The molecule has 2 aliphatic heterocycles. The van der Waals surface area contributed by atoms with Crippen LogP contribution in [0.1, 0.15) is 46.5 Å². The largest absolute Gasteiger partial charge is 0.466 e. The SMILES string of the molecule is COC(=O)C=C1CC2CCC(C1)N2C(=O)OC(C)(C)C. The molecule has 2 aliphatic rings. The van der Waals surface area contributed by atoms with E-state index in [1.807, 2.05) is 25.7 Å². The molecule has 0 aromatic rings. The average Bonchev–Trinajstić information content (AvgIpc) is 2.59. The van der Waals surface area contributed by atoms with Crippen molar-refractivity contribution in [1.29, 1.82) is 0 Å². The summed E-state index contributed by atoms with van der Waals surface area (Å²) in [6.45, 7) is 5.62. The fourth-order valence-corrected chi connectivity index (χ4v) is 3.01. The molecule has 2 heterocycles. The van der Waals surface area contributed by atoms with Gasteiger partial charge in [-0.1, -0.05) is 5.57 Å². The Hall–Kier alpha value is -1.52. The van der Waals surface area contributed by atoms with E-state index in [-0.39, 0.29) is 24.1 Å². The molecule has 20 heavy (non-hydrogen) atoms. The molecule has 2 atom stereocenters. The van der Waals surface area contributed by atoms with Gasteiger partial charge in [0, 0.05) is 18.2 Å². The second kappa shape index (κ2) is 5.46. The number of rotatable bonds is 1. The molecule has 2 saturated heterocycles. The van der Waals surface area contributed by atoms with Crippen molar-refractivity contribution < 1.29 is 19.1 Å². The van der Waals surface area contributed by atoms with Crippen molar-refractivity contribution in [2.24, 2.45) is 0 Å². The molecule has 0 saturated carbocycles. The maximum atomic E-state index is 12.3. The third-order valence-corrected chi connectivity index (χ3v) is 3.74. The second-order valence-electron chi connectivity index (χ2n) is 6.51. The Morgan fingerprint density at radius 1 is 1.20 bits per heavy atom. The number of ether oxygens (including phenoxy) is 2. The first-order valence-corrected chi connectivity index (χ1v) is 7.09. The third kappa shape index (κ3) is 3.32. The Balaban J connectivity index is 2.05. The molecule has 112 valence electrons. The van der Waals surface area contributed by atoms with E-state index in [4.69, 9.17) is 4.74 Å². The molecule has 0 radical (unpaired) electrons. The number of hydrogen-bond acceptors (Lipinski definition) is 4. The van der Waals surface area contributed by atoms with Gasteiger partial charge in [-0.15, -0.1) is 0 Å².